The van der Waals surface area contributed by atoms with Gasteiger partial charge in [0.15, 0.2) is 0 Å². The Bertz CT molecular complexity index is 856. The van der Waals surface area contributed by atoms with E-state index in [1.165, 1.54) is 78.6 Å². The van der Waals surface area contributed by atoms with Crippen LogP contribution in [0.5, 0.6) is 0 Å². The van der Waals surface area contributed by atoms with Gasteiger partial charge in [-0.1, -0.05) is 58.1 Å². The Morgan fingerprint density at radius 1 is 0.531 bits per heavy atom. The van der Waals surface area contributed by atoms with E-state index in [1.807, 2.05) is 0 Å². The molecule has 0 radical (unpaired) electrons. The molecule has 3 heteroatoms. The van der Waals surface area contributed by atoms with Gasteiger partial charge in [-0.3, -0.25) is 9.98 Å². The molecule has 0 atom stereocenters. The third-order valence-electron chi connectivity index (χ3n) is 5.56. The molecule has 2 nitrogen and oxygen atoms in total. The van der Waals surface area contributed by atoms with Crippen molar-refractivity contribution in [3.63, 3.8) is 0 Å². The molecule has 178 valence electrons. The maximum atomic E-state index is 5.18. The van der Waals surface area contributed by atoms with Crippen LogP contribution in [0.25, 0.3) is 0 Å². The first-order valence-corrected chi connectivity index (χ1v) is 12.2. The van der Waals surface area contributed by atoms with Crippen LogP contribution in [0.2, 0.25) is 0 Å². The van der Waals surface area contributed by atoms with Gasteiger partial charge >= 0.3 is 0 Å². The van der Waals surface area contributed by atoms with Crippen LogP contribution < -0.4 is 0 Å². The van der Waals surface area contributed by atoms with E-state index in [2.05, 4.69) is 77.9 Å². The van der Waals surface area contributed by atoms with Gasteiger partial charge in [-0.2, -0.15) is 0 Å². The van der Waals surface area contributed by atoms with Crippen LogP contribution in [0.4, 0.5) is 11.4 Å². The first-order valence-electron chi connectivity index (χ1n) is 12.2. The van der Waals surface area contributed by atoms with Crippen LogP contribution in [0, 0.1) is 27.7 Å². The molecule has 0 fully saturated rings. The molecule has 0 aliphatic heterocycles. The molecule has 2 aromatic rings. The summed E-state index contributed by atoms with van der Waals surface area (Å²) in [4.78, 5) is 10.4. The van der Waals surface area contributed by atoms with Crippen molar-refractivity contribution in [2.75, 3.05) is 0 Å². The summed E-state index contributed by atoms with van der Waals surface area (Å²) in [5.74, 6) is 0. The molecule has 0 saturated heterocycles. The molecule has 2 rings (SSSR count). The van der Waals surface area contributed by atoms with Crippen LogP contribution in [-0.4, -0.2) is 11.4 Å². The van der Waals surface area contributed by atoms with E-state index in [0.29, 0.717) is 0 Å². The predicted octanol–water partition coefficient (Wildman–Crippen LogP) is 9.31. The van der Waals surface area contributed by atoms with E-state index in [4.69, 9.17) is 9.98 Å². The third kappa shape index (κ3) is 10.3. The summed E-state index contributed by atoms with van der Waals surface area (Å²) in [6.07, 6.45) is 10.6. The van der Waals surface area contributed by atoms with Gasteiger partial charge in [-0.15, -0.1) is 0 Å². The number of hydrogen-bond donors (Lipinski definition) is 0. The summed E-state index contributed by atoms with van der Waals surface area (Å²) in [5.41, 5.74) is 9.54. The van der Waals surface area contributed by atoms with Crippen molar-refractivity contribution in [1.29, 1.82) is 0 Å². The number of unbranched alkanes of at least 4 members (excludes halogenated alkanes) is 5. The first kappa shape index (κ1) is 28.3. The van der Waals surface area contributed by atoms with Crippen LogP contribution in [-0.2, 0) is 16.5 Å². The zero-order chi connectivity index (χ0) is 22.6. The minimum atomic E-state index is 0. The monoisotopic (exact) mass is 476 g/mol. The van der Waals surface area contributed by atoms with Crippen molar-refractivity contribution in [3.05, 3.63) is 58.7 Å². The Labute approximate surface area is 207 Å². The fourth-order valence-electron chi connectivity index (χ4n) is 4.13. The van der Waals surface area contributed by atoms with Crippen LogP contribution in [0.1, 0.15) is 93.9 Å². The minimum absolute atomic E-state index is 0. The van der Waals surface area contributed by atoms with E-state index < -0.39 is 0 Å². The Hall–Kier alpha value is -1.73. The zero-order valence-electron chi connectivity index (χ0n) is 21.0. The maximum absolute atomic E-state index is 5.18. The second-order valence-corrected chi connectivity index (χ2v) is 9.08. The molecule has 0 aliphatic carbocycles. The van der Waals surface area contributed by atoms with Gasteiger partial charge in [0, 0.05) is 16.5 Å². The normalized spacial score (nSPS) is 12.1. The summed E-state index contributed by atoms with van der Waals surface area (Å²) < 4.78 is 0. The zero-order valence-corrected chi connectivity index (χ0v) is 22.0. The number of aryl methyl sites for hydroxylation is 4. The molecule has 0 bridgehead atoms. The molecular weight excluding hydrogens is 435 g/mol. The van der Waals surface area contributed by atoms with E-state index in [-0.39, 0.29) is 16.5 Å². The fourth-order valence-corrected chi connectivity index (χ4v) is 4.13. The van der Waals surface area contributed by atoms with E-state index >= 15 is 0 Å². The van der Waals surface area contributed by atoms with Gasteiger partial charge in [0.25, 0.3) is 0 Å². The van der Waals surface area contributed by atoms with Crippen molar-refractivity contribution in [2.45, 2.75) is 99.3 Å². The number of hydrogen-bond acceptors (Lipinski definition) is 2. The molecule has 0 unspecified atom stereocenters. The van der Waals surface area contributed by atoms with E-state index in [0.717, 1.165) is 24.2 Å². The average molecular weight is 477 g/mol. The third-order valence-corrected chi connectivity index (χ3v) is 5.56. The topological polar surface area (TPSA) is 24.7 Å². The molecule has 0 spiro atoms. The SMILES string of the molecule is CCCCCCC(=Nc1cc(C)cc(C)c1)C(CCCCC)=Nc1cc(C)cc(C)c1.[Ni]. The van der Waals surface area contributed by atoms with Crippen molar-refractivity contribution in [2.24, 2.45) is 9.98 Å². The molecule has 0 aromatic heterocycles. The van der Waals surface area contributed by atoms with E-state index in [9.17, 15) is 0 Å². The second-order valence-electron chi connectivity index (χ2n) is 9.08. The Kier molecular flexibility index (Phi) is 13.4. The standard InChI is InChI=1S/C29H42N2.Ni/c1-7-9-11-13-15-29(31-27-20-24(5)17-25(6)21-27)28(14-12-10-8-2)30-26-18-22(3)16-23(4)19-26;/h16-21H,7-15H2,1-6H3;. The number of benzene rings is 2. The van der Waals surface area contributed by atoms with Crippen LogP contribution >= 0.6 is 0 Å². The molecule has 2 aromatic carbocycles. The maximum Gasteiger partial charge on any atom is 0.0639 e. The first-order chi connectivity index (χ1) is 14.9. The summed E-state index contributed by atoms with van der Waals surface area (Å²) >= 11 is 0. The van der Waals surface area contributed by atoms with Crippen molar-refractivity contribution in [1.82, 2.24) is 0 Å². The second kappa shape index (κ2) is 15.2. The van der Waals surface area contributed by atoms with Crippen LogP contribution in [0.15, 0.2) is 46.4 Å². The summed E-state index contributed by atoms with van der Waals surface area (Å²) in [5, 5.41) is 0. The molecule has 32 heavy (non-hydrogen) atoms. The largest absolute Gasteiger partial charge is 0.252 e. The smallest absolute Gasteiger partial charge is 0.0639 e. The van der Waals surface area contributed by atoms with Crippen LogP contribution in [0.3, 0.4) is 0 Å². The van der Waals surface area contributed by atoms with Gasteiger partial charge in [-0.25, -0.2) is 0 Å². The van der Waals surface area contributed by atoms with Crippen molar-refractivity contribution >= 4 is 22.8 Å². The summed E-state index contributed by atoms with van der Waals surface area (Å²) in [7, 11) is 0. The number of nitrogens with zero attached hydrogens (tertiary/aromatic N) is 2. The predicted molar refractivity (Wildman–Crippen MR) is 139 cm³/mol. The molecule has 0 saturated carbocycles. The van der Waals surface area contributed by atoms with Gasteiger partial charge in [0.05, 0.1) is 22.8 Å². The van der Waals surface area contributed by atoms with Gasteiger partial charge in [0.2, 0.25) is 0 Å². The quantitative estimate of drug-likeness (QED) is 0.165. The number of aliphatic imine (C=N–C) groups is 2. The Balaban J connectivity index is 0.00000512. The van der Waals surface area contributed by atoms with Gasteiger partial charge in [0.1, 0.15) is 0 Å². The molecule has 0 heterocycles. The van der Waals surface area contributed by atoms with Gasteiger partial charge in [-0.05, 0) is 99.9 Å². The Morgan fingerprint density at radius 3 is 1.25 bits per heavy atom. The average Bonchev–Trinajstić information content (AvgIpc) is 2.68. The minimum Gasteiger partial charge on any atom is -0.252 e. The van der Waals surface area contributed by atoms with Gasteiger partial charge < -0.3 is 0 Å². The molecule has 0 aliphatic rings. The fraction of sp³-hybridized carbons (Fsp3) is 0.517. The van der Waals surface area contributed by atoms with Crippen molar-refractivity contribution in [3.8, 4) is 0 Å². The number of rotatable bonds is 12. The molecular formula is C29H42N2Ni. The van der Waals surface area contributed by atoms with E-state index in [1.54, 1.807) is 0 Å². The summed E-state index contributed by atoms with van der Waals surface area (Å²) in [6.45, 7) is 13.1. The van der Waals surface area contributed by atoms with Crippen molar-refractivity contribution < 1.29 is 16.5 Å². The Morgan fingerprint density at radius 2 is 0.875 bits per heavy atom. The molecule has 0 amide bonds. The molecule has 0 N–H and O–H groups in total. The summed E-state index contributed by atoms with van der Waals surface area (Å²) in [6, 6.07) is 13.2.